The van der Waals surface area contributed by atoms with Crippen molar-refractivity contribution in [1.29, 1.82) is 0 Å². The Morgan fingerprint density at radius 2 is 2.04 bits per heavy atom. The lowest BCUT2D eigenvalue weighted by Gasteiger charge is -2.12. The van der Waals surface area contributed by atoms with Crippen molar-refractivity contribution in [2.45, 2.75) is 20.4 Å². The maximum Gasteiger partial charge on any atom is 0.339 e. The van der Waals surface area contributed by atoms with Crippen molar-refractivity contribution < 1.29 is 14.3 Å². The van der Waals surface area contributed by atoms with Crippen LogP contribution in [0.4, 0.5) is 5.82 Å². The minimum absolute atomic E-state index is 0.269. The number of hydrogen-bond donors (Lipinski definition) is 2. The Bertz CT molecular complexity index is 765. The number of carbonyl (C=O) groups excluding carboxylic acids is 2. The first-order valence-electron chi connectivity index (χ1n) is 7.53. The van der Waals surface area contributed by atoms with E-state index in [2.05, 4.69) is 15.3 Å². The molecule has 2 rings (SSSR count). The molecule has 0 spiro atoms. The Kier molecular flexibility index (Phi) is 5.23. The van der Waals surface area contributed by atoms with Gasteiger partial charge in [-0.3, -0.25) is 4.79 Å². The Balaban J connectivity index is 2.14. The van der Waals surface area contributed by atoms with Crippen LogP contribution in [0.5, 0.6) is 0 Å². The number of rotatable bonds is 5. The molecule has 0 unspecified atom stereocenters. The molecule has 2 aromatic rings. The number of amides is 1. The Morgan fingerprint density at radius 1 is 1.33 bits per heavy atom. The highest BCUT2D eigenvalue weighted by atomic mass is 16.5. The predicted octanol–water partition coefficient (Wildman–Crippen LogP) is 1.81. The number of pyridine rings is 1. The molecule has 0 aliphatic heterocycles. The van der Waals surface area contributed by atoms with E-state index >= 15 is 0 Å². The van der Waals surface area contributed by atoms with Crippen LogP contribution in [-0.2, 0) is 11.3 Å². The zero-order chi connectivity index (χ0) is 17.9. The van der Waals surface area contributed by atoms with Gasteiger partial charge in [-0.1, -0.05) is 0 Å². The lowest BCUT2D eigenvalue weighted by atomic mass is 10.1. The maximum absolute atomic E-state index is 12.4. The maximum atomic E-state index is 12.4. The molecule has 0 bridgehead atoms. The fourth-order valence-corrected chi connectivity index (χ4v) is 2.47. The van der Waals surface area contributed by atoms with E-state index in [1.807, 2.05) is 31.1 Å². The van der Waals surface area contributed by atoms with Crippen molar-refractivity contribution in [3.05, 3.63) is 46.4 Å². The number of aryl methyl sites for hydroxylation is 1. The Morgan fingerprint density at radius 3 is 2.67 bits per heavy atom. The van der Waals surface area contributed by atoms with E-state index in [1.165, 1.54) is 7.11 Å². The number of carbonyl (C=O) groups is 2. The van der Waals surface area contributed by atoms with Crippen LogP contribution < -0.4 is 10.2 Å². The first kappa shape index (κ1) is 17.5. The van der Waals surface area contributed by atoms with Gasteiger partial charge in [-0.05, 0) is 37.1 Å². The molecule has 0 saturated carbocycles. The van der Waals surface area contributed by atoms with Gasteiger partial charge in [-0.25, -0.2) is 9.78 Å². The summed E-state index contributed by atoms with van der Waals surface area (Å²) in [5, 5.41) is 2.85. The number of esters is 1. The molecule has 24 heavy (non-hydrogen) atoms. The lowest BCUT2D eigenvalue weighted by Crippen LogP contribution is -2.24. The summed E-state index contributed by atoms with van der Waals surface area (Å²) < 4.78 is 4.75. The average molecular weight is 330 g/mol. The van der Waals surface area contributed by atoms with Crippen LogP contribution in [-0.4, -0.2) is 43.0 Å². The molecule has 1 amide bonds. The standard InChI is InChI=1S/C17H22N4O3/c1-10-14(17(23)24-5)11(2)20-15(10)16(22)19-9-12-6-7-18-13(8-12)21(3)4/h6-8,20H,9H2,1-5H3,(H,19,22). The van der Waals surface area contributed by atoms with Crippen molar-refractivity contribution in [2.24, 2.45) is 0 Å². The van der Waals surface area contributed by atoms with E-state index in [0.29, 0.717) is 29.1 Å². The van der Waals surface area contributed by atoms with Crippen LogP contribution in [0.3, 0.4) is 0 Å². The number of hydrogen-bond acceptors (Lipinski definition) is 5. The van der Waals surface area contributed by atoms with E-state index in [1.54, 1.807) is 20.0 Å². The molecule has 7 heteroatoms. The van der Waals surface area contributed by atoms with Gasteiger partial charge in [-0.15, -0.1) is 0 Å². The van der Waals surface area contributed by atoms with Crippen LogP contribution in [0.15, 0.2) is 18.3 Å². The molecule has 0 aliphatic rings. The number of aromatic amines is 1. The second kappa shape index (κ2) is 7.16. The fourth-order valence-electron chi connectivity index (χ4n) is 2.47. The SMILES string of the molecule is COC(=O)c1c(C)[nH]c(C(=O)NCc2ccnc(N(C)C)c2)c1C. The van der Waals surface area contributed by atoms with Gasteiger partial charge in [0, 0.05) is 32.5 Å². The number of anilines is 1. The van der Waals surface area contributed by atoms with Gasteiger partial charge in [0.2, 0.25) is 0 Å². The fraction of sp³-hybridized carbons (Fsp3) is 0.353. The number of nitrogens with one attached hydrogen (secondary N) is 2. The van der Waals surface area contributed by atoms with Crippen molar-refractivity contribution in [2.75, 3.05) is 26.1 Å². The first-order valence-corrected chi connectivity index (χ1v) is 7.53. The highest BCUT2D eigenvalue weighted by Crippen LogP contribution is 2.19. The number of methoxy groups -OCH3 is 1. The number of ether oxygens (including phenoxy) is 1. The molecule has 2 aromatic heterocycles. The second-order valence-electron chi connectivity index (χ2n) is 5.72. The van der Waals surface area contributed by atoms with Gasteiger partial charge in [0.25, 0.3) is 5.91 Å². The molecule has 0 aliphatic carbocycles. The van der Waals surface area contributed by atoms with Crippen molar-refractivity contribution >= 4 is 17.7 Å². The van der Waals surface area contributed by atoms with E-state index in [9.17, 15) is 9.59 Å². The van der Waals surface area contributed by atoms with Gasteiger partial charge in [0.05, 0.1) is 12.7 Å². The van der Waals surface area contributed by atoms with Crippen LogP contribution in [0, 0.1) is 13.8 Å². The van der Waals surface area contributed by atoms with Gasteiger partial charge < -0.3 is 19.9 Å². The monoisotopic (exact) mass is 330 g/mol. The quantitative estimate of drug-likeness (QED) is 0.817. The van der Waals surface area contributed by atoms with E-state index in [-0.39, 0.29) is 5.91 Å². The van der Waals surface area contributed by atoms with Crippen molar-refractivity contribution in [3.63, 3.8) is 0 Å². The van der Waals surface area contributed by atoms with Crippen LogP contribution in [0.1, 0.15) is 37.7 Å². The molecule has 2 N–H and O–H groups in total. The van der Waals surface area contributed by atoms with Crippen LogP contribution in [0.2, 0.25) is 0 Å². The molecule has 0 atom stereocenters. The van der Waals surface area contributed by atoms with Gasteiger partial charge in [0.1, 0.15) is 11.5 Å². The third-order valence-electron chi connectivity index (χ3n) is 3.78. The molecule has 0 fully saturated rings. The number of nitrogens with zero attached hydrogens (tertiary/aromatic N) is 2. The summed E-state index contributed by atoms with van der Waals surface area (Å²) in [4.78, 5) is 33.3. The van der Waals surface area contributed by atoms with Crippen molar-refractivity contribution in [1.82, 2.24) is 15.3 Å². The predicted molar refractivity (Wildman–Crippen MR) is 91.3 cm³/mol. The number of aromatic nitrogens is 2. The smallest absolute Gasteiger partial charge is 0.339 e. The molecule has 0 aromatic carbocycles. The Labute approximate surface area is 141 Å². The van der Waals surface area contributed by atoms with Gasteiger partial charge in [-0.2, -0.15) is 0 Å². The first-order chi connectivity index (χ1) is 11.3. The van der Waals surface area contributed by atoms with Gasteiger partial charge >= 0.3 is 5.97 Å². The normalized spacial score (nSPS) is 10.4. The lowest BCUT2D eigenvalue weighted by molar-refractivity contribution is 0.0599. The highest BCUT2D eigenvalue weighted by Gasteiger charge is 2.22. The average Bonchev–Trinajstić information content (AvgIpc) is 2.87. The van der Waals surface area contributed by atoms with Crippen LogP contribution >= 0.6 is 0 Å². The van der Waals surface area contributed by atoms with E-state index in [0.717, 1.165) is 11.4 Å². The molecular formula is C17H22N4O3. The minimum Gasteiger partial charge on any atom is -0.465 e. The minimum atomic E-state index is -0.454. The highest BCUT2D eigenvalue weighted by molar-refractivity contribution is 6.00. The topological polar surface area (TPSA) is 87.3 Å². The molecular weight excluding hydrogens is 308 g/mol. The largest absolute Gasteiger partial charge is 0.465 e. The summed E-state index contributed by atoms with van der Waals surface area (Å²) >= 11 is 0. The third kappa shape index (κ3) is 3.56. The van der Waals surface area contributed by atoms with Gasteiger partial charge in [0.15, 0.2) is 0 Å². The summed E-state index contributed by atoms with van der Waals surface area (Å²) in [6, 6.07) is 3.76. The summed E-state index contributed by atoms with van der Waals surface area (Å²) in [7, 11) is 5.13. The molecule has 128 valence electrons. The summed E-state index contributed by atoms with van der Waals surface area (Å²) in [5.41, 5.74) is 2.91. The zero-order valence-electron chi connectivity index (χ0n) is 14.6. The summed E-state index contributed by atoms with van der Waals surface area (Å²) in [5.74, 6) is 0.0978. The second-order valence-corrected chi connectivity index (χ2v) is 5.72. The summed E-state index contributed by atoms with van der Waals surface area (Å²) in [6.07, 6.45) is 1.70. The van der Waals surface area contributed by atoms with E-state index < -0.39 is 5.97 Å². The Hall–Kier alpha value is -2.83. The summed E-state index contributed by atoms with van der Waals surface area (Å²) in [6.45, 7) is 3.83. The van der Waals surface area contributed by atoms with E-state index in [4.69, 9.17) is 4.74 Å². The van der Waals surface area contributed by atoms with Crippen molar-refractivity contribution in [3.8, 4) is 0 Å². The molecule has 0 saturated heterocycles. The zero-order valence-corrected chi connectivity index (χ0v) is 14.6. The van der Waals surface area contributed by atoms with Crippen LogP contribution in [0.25, 0.3) is 0 Å². The third-order valence-corrected chi connectivity index (χ3v) is 3.78. The number of H-pyrrole nitrogens is 1. The molecule has 2 heterocycles. The molecule has 7 nitrogen and oxygen atoms in total. The molecule has 0 radical (unpaired) electrons.